The standard InChI is InChI=1S/C22H32N4O2/c1-22(2,3)28-21(27)25-12-9-17(10-13-25)15-26-16-19(14-24-26)20-7-5-4-6-18(20)8-11-23/h4-7,14,16-17H,8-13,15,23H2,1-3H3. The molecule has 0 unspecified atom stereocenters. The summed E-state index contributed by atoms with van der Waals surface area (Å²) in [6.07, 6.45) is 6.66. The zero-order valence-corrected chi connectivity index (χ0v) is 17.2. The number of carbonyl (C=O) groups excluding carboxylic acids is 1. The lowest BCUT2D eigenvalue weighted by molar-refractivity contribution is 0.0177. The van der Waals surface area contributed by atoms with E-state index in [0.717, 1.165) is 44.5 Å². The Hall–Kier alpha value is -2.34. The van der Waals surface area contributed by atoms with Gasteiger partial charge in [-0.2, -0.15) is 5.10 Å². The highest BCUT2D eigenvalue weighted by Crippen LogP contribution is 2.25. The van der Waals surface area contributed by atoms with Gasteiger partial charge in [-0.15, -0.1) is 0 Å². The summed E-state index contributed by atoms with van der Waals surface area (Å²) in [6.45, 7) is 8.71. The first-order valence-corrected chi connectivity index (χ1v) is 10.1. The largest absolute Gasteiger partial charge is 0.444 e. The smallest absolute Gasteiger partial charge is 0.410 e. The van der Waals surface area contributed by atoms with Crippen LogP contribution >= 0.6 is 0 Å². The minimum absolute atomic E-state index is 0.205. The van der Waals surface area contributed by atoms with Crippen molar-refractivity contribution < 1.29 is 9.53 Å². The van der Waals surface area contributed by atoms with E-state index in [0.29, 0.717) is 12.5 Å². The van der Waals surface area contributed by atoms with Gasteiger partial charge < -0.3 is 15.4 Å². The first kappa shape index (κ1) is 20.4. The minimum Gasteiger partial charge on any atom is -0.444 e. The summed E-state index contributed by atoms with van der Waals surface area (Å²) in [6, 6.07) is 8.37. The topological polar surface area (TPSA) is 73.4 Å². The number of aromatic nitrogens is 2. The van der Waals surface area contributed by atoms with Crippen LogP contribution < -0.4 is 5.73 Å². The SMILES string of the molecule is CC(C)(C)OC(=O)N1CCC(Cn2cc(-c3ccccc3CCN)cn2)CC1. The van der Waals surface area contributed by atoms with E-state index in [9.17, 15) is 4.79 Å². The highest BCUT2D eigenvalue weighted by molar-refractivity contribution is 5.68. The molecule has 1 amide bonds. The van der Waals surface area contributed by atoms with Crippen LogP contribution in [0.5, 0.6) is 0 Å². The van der Waals surface area contributed by atoms with Gasteiger partial charge in [0.05, 0.1) is 6.20 Å². The molecule has 0 radical (unpaired) electrons. The van der Waals surface area contributed by atoms with E-state index >= 15 is 0 Å². The molecular weight excluding hydrogens is 352 g/mol. The lowest BCUT2D eigenvalue weighted by Crippen LogP contribution is -2.42. The lowest BCUT2D eigenvalue weighted by Gasteiger charge is -2.33. The van der Waals surface area contributed by atoms with Crippen molar-refractivity contribution in [1.29, 1.82) is 0 Å². The highest BCUT2D eigenvalue weighted by Gasteiger charge is 2.27. The fourth-order valence-electron chi connectivity index (χ4n) is 3.67. The average Bonchev–Trinajstić information content (AvgIpc) is 3.10. The molecule has 6 nitrogen and oxygen atoms in total. The quantitative estimate of drug-likeness (QED) is 0.853. The van der Waals surface area contributed by atoms with Crippen molar-refractivity contribution in [2.45, 2.75) is 52.2 Å². The normalized spacial score (nSPS) is 15.6. The van der Waals surface area contributed by atoms with Crippen LogP contribution in [0.2, 0.25) is 0 Å². The summed E-state index contributed by atoms with van der Waals surface area (Å²) in [7, 11) is 0. The number of likely N-dealkylation sites (tertiary alicyclic amines) is 1. The molecular formula is C22H32N4O2. The van der Waals surface area contributed by atoms with Gasteiger partial charge in [0, 0.05) is 31.4 Å². The summed E-state index contributed by atoms with van der Waals surface area (Å²) in [5.74, 6) is 0.519. The van der Waals surface area contributed by atoms with Crippen molar-refractivity contribution >= 4 is 6.09 Å². The summed E-state index contributed by atoms with van der Waals surface area (Å²) in [5, 5.41) is 4.57. The molecule has 1 aromatic heterocycles. The zero-order chi connectivity index (χ0) is 20.1. The molecule has 1 aliphatic heterocycles. The molecule has 1 saturated heterocycles. The molecule has 152 valence electrons. The predicted molar refractivity (Wildman–Crippen MR) is 111 cm³/mol. The maximum atomic E-state index is 12.2. The average molecular weight is 385 g/mol. The molecule has 0 saturated carbocycles. The first-order valence-electron chi connectivity index (χ1n) is 10.1. The van der Waals surface area contributed by atoms with Crippen LogP contribution in [0.3, 0.4) is 0 Å². The highest BCUT2D eigenvalue weighted by atomic mass is 16.6. The third-order valence-corrected chi connectivity index (χ3v) is 5.09. The summed E-state index contributed by atoms with van der Waals surface area (Å²) in [4.78, 5) is 14.0. The monoisotopic (exact) mass is 384 g/mol. The Morgan fingerprint density at radius 1 is 1.25 bits per heavy atom. The van der Waals surface area contributed by atoms with Gasteiger partial charge in [-0.3, -0.25) is 4.68 Å². The van der Waals surface area contributed by atoms with Crippen LogP contribution in [0.25, 0.3) is 11.1 Å². The Kier molecular flexibility index (Phi) is 6.39. The molecule has 1 aliphatic rings. The predicted octanol–water partition coefficient (Wildman–Crippen LogP) is 3.70. The number of nitrogens with two attached hydrogens (primary N) is 1. The summed E-state index contributed by atoms with van der Waals surface area (Å²) >= 11 is 0. The van der Waals surface area contributed by atoms with E-state index < -0.39 is 5.60 Å². The molecule has 28 heavy (non-hydrogen) atoms. The van der Waals surface area contributed by atoms with Gasteiger partial charge in [0.15, 0.2) is 0 Å². The van der Waals surface area contributed by atoms with Crippen molar-refractivity contribution in [3.63, 3.8) is 0 Å². The number of carbonyl (C=O) groups is 1. The summed E-state index contributed by atoms with van der Waals surface area (Å²) < 4.78 is 7.50. The van der Waals surface area contributed by atoms with Crippen molar-refractivity contribution in [3.8, 4) is 11.1 Å². The van der Waals surface area contributed by atoms with Gasteiger partial charge >= 0.3 is 6.09 Å². The second kappa shape index (κ2) is 8.78. The van der Waals surface area contributed by atoms with Gasteiger partial charge in [-0.25, -0.2) is 4.79 Å². The van der Waals surface area contributed by atoms with Crippen LogP contribution in [0.4, 0.5) is 4.79 Å². The zero-order valence-electron chi connectivity index (χ0n) is 17.2. The molecule has 0 bridgehead atoms. The number of benzene rings is 1. The number of piperidine rings is 1. The van der Waals surface area contributed by atoms with Crippen LogP contribution in [-0.4, -0.2) is 46.0 Å². The van der Waals surface area contributed by atoms with E-state index in [1.807, 2.05) is 36.5 Å². The number of ether oxygens (including phenoxy) is 1. The molecule has 2 aromatic rings. The Morgan fingerprint density at radius 2 is 1.96 bits per heavy atom. The van der Waals surface area contributed by atoms with E-state index in [1.165, 1.54) is 11.1 Å². The van der Waals surface area contributed by atoms with Gasteiger partial charge in [0.2, 0.25) is 0 Å². The number of amides is 1. The van der Waals surface area contributed by atoms with E-state index in [1.54, 1.807) is 0 Å². The fraction of sp³-hybridized carbons (Fsp3) is 0.545. The molecule has 2 heterocycles. The van der Waals surface area contributed by atoms with Gasteiger partial charge in [-0.05, 0) is 63.6 Å². The Balaban J connectivity index is 1.56. The van der Waals surface area contributed by atoms with Gasteiger partial charge in [-0.1, -0.05) is 24.3 Å². The van der Waals surface area contributed by atoms with Crippen LogP contribution in [-0.2, 0) is 17.7 Å². The Morgan fingerprint density at radius 3 is 2.64 bits per heavy atom. The molecule has 6 heteroatoms. The molecule has 0 spiro atoms. The second-order valence-corrected chi connectivity index (χ2v) is 8.56. The number of nitrogens with zero attached hydrogens (tertiary/aromatic N) is 3. The number of hydrogen-bond acceptors (Lipinski definition) is 4. The number of rotatable bonds is 5. The van der Waals surface area contributed by atoms with Gasteiger partial charge in [0.1, 0.15) is 5.60 Å². The lowest BCUT2D eigenvalue weighted by atomic mass is 9.97. The third-order valence-electron chi connectivity index (χ3n) is 5.09. The Labute approximate surface area is 167 Å². The van der Waals surface area contributed by atoms with Crippen LogP contribution in [0.1, 0.15) is 39.2 Å². The molecule has 2 N–H and O–H groups in total. The van der Waals surface area contributed by atoms with Crippen molar-refractivity contribution in [2.75, 3.05) is 19.6 Å². The van der Waals surface area contributed by atoms with Crippen molar-refractivity contribution in [2.24, 2.45) is 11.7 Å². The fourth-order valence-corrected chi connectivity index (χ4v) is 3.67. The van der Waals surface area contributed by atoms with Crippen LogP contribution in [0.15, 0.2) is 36.7 Å². The van der Waals surface area contributed by atoms with E-state index in [-0.39, 0.29) is 6.09 Å². The van der Waals surface area contributed by atoms with Crippen LogP contribution in [0, 0.1) is 5.92 Å². The van der Waals surface area contributed by atoms with Crippen molar-refractivity contribution in [1.82, 2.24) is 14.7 Å². The maximum absolute atomic E-state index is 12.2. The molecule has 0 aliphatic carbocycles. The molecule has 3 rings (SSSR count). The first-order chi connectivity index (χ1) is 13.4. The van der Waals surface area contributed by atoms with Gasteiger partial charge in [0.25, 0.3) is 0 Å². The Bertz CT molecular complexity index is 786. The summed E-state index contributed by atoms with van der Waals surface area (Å²) in [5.41, 5.74) is 8.90. The molecule has 1 aromatic carbocycles. The second-order valence-electron chi connectivity index (χ2n) is 8.56. The molecule has 1 fully saturated rings. The minimum atomic E-state index is -0.445. The maximum Gasteiger partial charge on any atom is 0.410 e. The van der Waals surface area contributed by atoms with Crippen molar-refractivity contribution in [3.05, 3.63) is 42.2 Å². The van der Waals surface area contributed by atoms with E-state index in [4.69, 9.17) is 10.5 Å². The number of hydrogen-bond donors (Lipinski definition) is 1. The third kappa shape index (κ3) is 5.35. The van der Waals surface area contributed by atoms with E-state index in [2.05, 4.69) is 35.6 Å². The molecule has 0 atom stereocenters.